The van der Waals surface area contributed by atoms with Crippen molar-refractivity contribution in [1.82, 2.24) is 5.32 Å². The van der Waals surface area contributed by atoms with Crippen molar-refractivity contribution >= 4 is 23.3 Å². The summed E-state index contributed by atoms with van der Waals surface area (Å²) < 4.78 is 4.73. The molecule has 136 valence electrons. The highest BCUT2D eigenvalue weighted by atomic mass is 16.6. The lowest BCUT2D eigenvalue weighted by molar-refractivity contribution is -0.384. The molecule has 0 unspecified atom stereocenters. The number of anilines is 1. The number of nitrogens with zero attached hydrogens (tertiary/aromatic N) is 2. The number of rotatable bonds is 6. The van der Waals surface area contributed by atoms with Crippen molar-refractivity contribution in [2.75, 3.05) is 26.1 Å². The van der Waals surface area contributed by atoms with Gasteiger partial charge in [0.15, 0.2) is 0 Å². The minimum Gasteiger partial charge on any atom is -0.465 e. The number of hydrogen-bond acceptors (Lipinski definition) is 6. The summed E-state index contributed by atoms with van der Waals surface area (Å²) in [6.45, 7) is 0.440. The molecule has 0 aliphatic carbocycles. The van der Waals surface area contributed by atoms with Gasteiger partial charge in [-0.05, 0) is 23.8 Å². The van der Waals surface area contributed by atoms with Gasteiger partial charge in [0, 0.05) is 38.3 Å². The number of benzene rings is 2. The van der Waals surface area contributed by atoms with Crippen LogP contribution in [0.4, 0.5) is 11.4 Å². The Balaban J connectivity index is 2.28. The van der Waals surface area contributed by atoms with Crippen molar-refractivity contribution in [3.63, 3.8) is 0 Å². The fourth-order valence-electron chi connectivity index (χ4n) is 2.51. The molecular formula is C18H19N3O5. The minimum atomic E-state index is -0.648. The Morgan fingerprint density at radius 1 is 1.19 bits per heavy atom. The molecule has 0 saturated carbocycles. The number of carbonyl (C=O) groups excluding carboxylic acids is 2. The Bertz CT molecular complexity index is 833. The molecule has 0 fully saturated rings. The van der Waals surface area contributed by atoms with Crippen LogP contribution in [-0.4, -0.2) is 38.0 Å². The Morgan fingerprint density at radius 3 is 2.38 bits per heavy atom. The van der Waals surface area contributed by atoms with Gasteiger partial charge in [-0.3, -0.25) is 14.9 Å². The minimum absolute atomic E-state index is 0.117. The number of carbonyl (C=O) groups is 2. The molecule has 1 amide bonds. The number of ether oxygens (including phenoxy) is 1. The molecule has 2 aromatic rings. The van der Waals surface area contributed by atoms with E-state index in [1.165, 1.54) is 25.3 Å². The summed E-state index contributed by atoms with van der Waals surface area (Å²) in [5.74, 6) is -0.821. The molecule has 0 atom stereocenters. The Morgan fingerprint density at radius 2 is 1.85 bits per heavy atom. The number of methoxy groups -OCH3 is 1. The maximum Gasteiger partial charge on any atom is 0.340 e. The van der Waals surface area contributed by atoms with Crippen LogP contribution in [0.15, 0.2) is 42.5 Å². The van der Waals surface area contributed by atoms with Gasteiger partial charge in [0.1, 0.15) is 0 Å². The van der Waals surface area contributed by atoms with Gasteiger partial charge in [-0.2, -0.15) is 0 Å². The normalized spacial score (nSPS) is 10.1. The first kappa shape index (κ1) is 18.9. The highest BCUT2D eigenvalue weighted by Gasteiger charge is 2.19. The van der Waals surface area contributed by atoms with E-state index in [9.17, 15) is 19.7 Å². The van der Waals surface area contributed by atoms with E-state index in [2.05, 4.69) is 5.32 Å². The van der Waals surface area contributed by atoms with Gasteiger partial charge in [0.05, 0.1) is 23.3 Å². The number of nitro benzene ring substituents is 1. The quantitative estimate of drug-likeness (QED) is 0.484. The number of hydrogen-bond donors (Lipinski definition) is 1. The van der Waals surface area contributed by atoms with E-state index in [1.54, 1.807) is 31.1 Å². The van der Waals surface area contributed by atoms with E-state index < -0.39 is 10.9 Å². The Hall–Kier alpha value is -3.42. The second-order valence-corrected chi connectivity index (χ2v) is 5.58. The van der Waals surface area contributed by atoms with E-state index in [4.69, 9.17) is 4.74 Å². The summed E-state index contributed by atoms with van der Waals surface area (Å²) in [5, 5.41) is 13.5. The molecule has 0 radical (unpaired) electrons. The average molecular weight is 357 g/mol. The van der Waals surface area contributed by atoms with Crippen molar-refractivity contribution in [3.05, 3.63) is 69.3 Å². The summed E-state index contributed by atoms with van der Waals surface area (Å²) >= 11 is 0. The fourth-order valence-corrected chi connectivity index (χ4v) is 2.51. The van der Waals surface area contributed by atoms with Gasteiger partial charge >= 0.3 is 5.97 Å². The standard InChI is InChI=1S/C18H19N3O5/c1-19-17(22)13-6-4-12(5-7-13)11-20(2)16-9-8-14(21(24)25)10-15(16)18(23)26-3/h4-10H,11H2,1-3H3,(H,19,22). The van der Waals surface area contributed by atoms with Gasteiger partial charge in [0.25, 0.3) is 11.6 Å². The first-order valence-corrected chi connectivity index (χ1v) is 7.76. The van der Waals surface area contributed by atoms with E-state index >= 15 is 0 Å². The van der Waals surface area contributed by atoms with Crippen molar-refractivity contribution in [2.45, 2.75) is 6.54 Å². The van der Waals surface area contributed by atoms with Crippen LogP contribution in [0.5, 0.6) is 0 Å². The predicted octanol–water partition coefficient (Wildman–Crippen LogP) is 2.38. The number of non-ortho nitro benzene ring substituents is 1. The van der Waals surface area contributed by atoms with Crippen molar-refractivity contribution in [1.29, 1.82) is 0 Å². The van der Waals surface area contributed by atoms with E-state index in [1.807, 2.05) is 12.1 Å². The summed E-state index contributed by atoms with van der Waals surface area (Å²) in [7, 11) is 4.55. The molecule has 8 nitrogen and oxygen atoms in total. The summed E-state index contributed by atoms with van der Waals surface area (Å²) in [5.41, 5.74) is 1.90. The van der Waals surface area contributed by atoms with Gasteiger partial charge < -0.3 is 15.0 Å². The van der Waals surface area contributed by atoms with Crippen LogP contribution >= 0.6 is 0 Å². The van der Waals surface area contributed by atoms with Gasteiger partial charge in [-0.25, -0.2) is 4.79 Å². The average Bonchev–Trinajstić information content (AvgIpc) is 2.66. The van der Waals surface area contributed by atoms with Gasteiger partial charge in [-0.15, -0.1) is 0 Å². The summed E-state index contributed by atoms with van der Waals surface area (Å²) in [4.78, 5) is 35.8. The highest BCUT2D eigenvalue weighted by Crippen LogP contribution is 2.26. The topological polar surface area (TPSA) is 102 Å². The lowest BCUT2D eigenvalue weighted by Gasteiger charge is -2.21. The number of nitrogens with one attached hydrogen (secondary N) is 1. The van der Waals surface area contributed by atoms with Crippen LogP contribution in [0.1, 0.15) is 26.3 Å². The van der Waals surface area contributed by atoms with E-state index in [-0.39, 0.29) is 17.2 Å². The number of esters is 1. The molecule has 0 aromatic heterocycles. The molecule has 0 aliphatic rings. The SMILES string of the molecule is CNC(=O)c1ccc(CN(C)c2ccc([N+](=O)[O-])cc2C(=O)OC)cc1. The third-order valence-electron chi connectivity index (χ3n) is 3.87. The zero-order valence-corrected chi connectivity index (χ0v) is 14.7. The maximum atomic E-state index is 12.0. The Labute approximate surface area is 150 Å². The zero-order chi connectivity index (χ0) is 19.3. The smallest absolute Gasteiger partial charge is 0.340 e. The van der Waals surface area contributed by atoms with Crippen LogP contribution in [0.25, 0.3) is 0 Å². The van der Waals surface area contributed by atoms with Gasteiger partial charge in [-0.1, -0.05) is 12.1 Å². The fraction of sp³-hybridized carbons (Fsp3) is 0.222. The molecule has 0 saturated heterocycles. The molecule has 2 aromatic carbocycles. The molecule has 8 heteroatoms. The van der Waals surface area contributed by atoms with Crippen molar-refractivity contribution in [3.8, 4) is 0 Å². The zero-order valence-electron chi connectivity index (χ0n) is 14.7. The lowest BCUT2D eigenvalue weighted by Crippen LogP contribution is -2.20. The first-order valence-electron chi connectivity index (χ1n) is 7.76. The second-order valence-electron chi connectivity index (χ2n) is 5.58. The summed E-state index contributed by atoms with van der Waals surface area (Å²) in [6.07, 6.45) is 0. The van der Waals surface area contributed by atoms with Crippen molar-refractivity contribution < 1.29 is 19.2 Å². The predicted molar refractivity (Wildman–Crippen MR) is 96.4 cm³/mol. The van der Waals surface area contributed by atoms with E-state index in [0.29, 0.717) is 17.8 Å². The molecule has 0 aliphatic heterocycles. The molecule has 1 N–H and O–H groups in total. The Kier molecular flexibility index (Phi) is 5.90. The molecule has 26 heavy (non-hydrogen) atoms. The molecule has 0 spiro atoms. The van der Waals surface area contributed by atoms with Crippen LogP contribution in [0.2, 0.25) is 0 Å². The lowest BCUT2D eigenvalue weighted by atomic mass is 10.1. The van der Waals surface area contributed by atoms with Crippen LogP contribution < -0.4 is 10.2 Å². The summed E-state index contributed by atoms with van der Waals surface area (Å²) in [6, 6.07) is 11.1. The third kappa shape index (κ3) is 4.15. The largest absolute Gasteiger partial charge is 0.465 e. The monoisotopic (exact) mass is 357 g/mol. The van der Waals surface area contributed by atoms with Crippen LogP contribution in [0, 0.1) is 10.1 Å². The maximum absolute atomic E-state index is 12.0. The van der Waals surface area contributed by atoms with Gasteiger partial charge in [0.2, 0.25) is 0 Å². The highest BCUT2D eigenvalue weighted by molar-refractivity contribution is 5.96. The first-order chi connectivity index (χ1) is 12.4. The van der Waals surface area contributed by atoms with Crippen LogP contribution in [0.3, 0.4) is 0 Å². The number of amides is 1. The van der Waals surface area contributed by atoms with Crippen LogP contribution in [-0.2, 0) is 11.3 Å². The second kappa shape index (κ2) is 8.11. The number of nitro groups is 1. The van der Waals surface area contributed by atoms with Crippen molar-refractivity contribution in [2.24, 2.45) is 0 Å². The molecule has 0 bridgehead atoms. The third-order valence-corrected chi connectivity index (χ3v) is 3.87. The molecule has 0 heterocycles. The molecule has 2 rings (SSSR count). The molecular weight excluding hydrogens is 338 g/mol. The van der Waals surface area contributed by atoms with E-state index in [0.717, 1.165) is 5.56 Å².